The number of hydrogen-bond donors (Lipinski definition) is 1. The fourth-order valence-corrected chi connectivity index (χ4v) is 3.71. The molecule has 0 aliphatic carbocycles. The van der Waals surface area contributed by atoms with Gasteiger partial charge in [-0.3, -0.25) is 9.10 Å². The molecule has 0 aromatic heterocycles. The number of nitrogens with one attached hydrogen (secondary N) is 1. The Labute approximate surface area is 156 Å². The van der Waals surface area contributed by atoms with Crippen molar-refractivity contribution in [2.75, 3.05) is 23.0 Å². The minimum absolute atomic E-state index is 0.0152. The summed E-state index contributed by atoms with van der Waals surface area (Å²) in [7, 11) is -2.68. The van der Waals surface area contributed by atoms with Crippen LogP contribution in [-0.4, -0.2) is 39.7 Å². The van der Waals surface area contributed by atoms with E-state index in [1.165, 1.54) is 44.4 Å². The van der Waals surface area contributed by atoms with E-state index >= 15 is 0 Å². The first-order valence-corrected chi connectivity index (χ1v) is 9.73. The molecular formula is C18H19FN2O5S. The van der Waals surface area contributed by atoms with Gasteiger partial charge in [-0.25, -0.2) is 17.6 Å². The Morgan fingerprint density at radius 3 is 2.41 bits per heavy atom. The quantitative estimate of drug-likeness (QED) is 0.760. The van der Waals surface area contributed by atoms with Gasteiger partial charge in [-0.1, -0.05) is 18.2 Å². The molecule has 0 saturated carbocycles. The lowest BCUT2D eigenvalue weighted by Gasteiger charge is -2.28. The van der Waals surface area contributed by atoms with Crippen molar-refractivity contribution in [3.8, 4) is 0 Å². The van der Waals surface area contributed by atoms with Crippen molar-refractivity contribution in [3.05, 3.63) is 59.9 Å². The zero-order chi connectivity index (χ0) is 20.2. The highest BCUT2D eigenvalue weighted by Crippen LogP contribution is 2.23. The molecule has 0 unspecified atom stereocenters. The monoisotopic (exact) mass is 394 g/mol. The largest absolute Gasteiger partial charge is 0.465 e. The third kappa shape index (κ3) is 4.82. The lowest BCUT2D eigenvalue weighted by molar-refractivity contribution is -0.116. The lowest BCUT2D eigenvalue weighted by atomic mass is 10.1. The van der Waals surface area contributed by atoms with E-state index in [-0.39, 0.29) is 16.9 Å². The van der Waals surface area contributed by atoms with E-state index in [1.807, 2.05) is 0 Å². The Morgan fingerprint density at radius 2 is 1.81 bits per heavy atom. The fraction of sp³-hybridized carbons (Fsp3) is 0.222. The summed E-state index contributed by atoms with van der Waals surface area (Å²) in [5.74, 6) is -1.98. The second kappa shape index (κ2) is 8.17. The molecule has 9 heteroatoms. The van der Waals surface area contributed by atoms with Crippen molar-refractivity contribution in [2.45, 2.75) is 13.0 Å². The van der Waals surface area contributed by atoms with E-state index < -0.39 is 33.8 Å². The normalized spacial score (nSPS) is 12.1. The molecule has 0 spiro atoms. The molecule has 0 heterocycles. The zero-order valence-electron chi connectivity index (χ0n) is 15.0. The maximum atomic E-state index is 13.5. The summed E-state index contributed by atoms with van der Waals surface area (Å²) in [6, 6.07) is 9.88. The molecule has 1 atom stereocenters. The van der Waals surface area contributed by atoms with E-state index in [9.17, 15) is 22.4 Å². The number of para-hydroxylation sites is 1. The average Bonchev–Trinajstić information content (AvgIpc) is 2.60. The average molecular weight is 394 g/mol. The van der Waals surface area contributed by atoms with Gasteiger partial charge in [0.1, 0.15) is 11.9 Å². The Balaban J connectivity index is 2.36. The number of carbonyl (C=O) groups is 2. The highest BCUT2D eigenvalue weighted by Gasteiger charge is 2.30. The minimum Gasteiger partial charge on any atom is -0.465 e. The van der Waals surface area contributed by atoms with Gasteiger partial charge in [0.15, 0.2) is 0 Å². The van der Waals surface area contributed by atoms with Gasteiger partial charge in [-0.05, 0) is 37.3 Å². The van der Waals surface area contributed by atoms with Gasteiger partial charge in [-0.15, -0.1) is 0 Å². The molecule has 2 aromatic rings. The van der Waals surface area contributed by atoms with Crippen molar-refractivity contribution in [1.82, 2.24) is 0 Å². The van der Waals surface area contributed by atoms with Gasteiger partial charge >= 0.3 is 5.97 Å². The molecule has 0 aliphatic rings. The summed E-state index contributed by atoms with van der Waals surface area (Å²) in [4.78, 5) is 24.5. The standard InChI is InChI=1S/C18H19FN2O5S/c1-12(21(27(3,24)25)14-8-6-7-13(19)11-14)17(22)20-16-10-5-4-9-15(16)18(23)26-2/h4-12H,1-3H3,(H,20,22)/t12-/m0/s1. The number of amides is 1. The first-order chi connectivity index (χ1) is 12.6. The van der Waals surface area contributed by atoms with Crippen molar-refractivity contribution < 1.29 is 27.1 Å². The number of rotatable bonds is 6. The molecule has 0 saturated heterocycles. The van der Waals surface area contributed by atoms with Crippen LogP contribution in [0.5, 0.6) is 0 Å². The molecule has 7 nitrogen and oxygen atoms in total. The van der Waals surface area contributed by atoms with Crippen LogP contribution < -0.4 is 9.62 Å². The van der Waals surface area contributed by atoms with Crippen LogP contribution >= 0.6 is 0 Å². The first kappa shape index (κ1) is 20.4. The number of esters is 1. The van der Waals surface area contributed by atoms with Crippen LogP contribution in [0.25, 0.3) is 0 Å². The molecule has 0 fully saturated rings. The molecular weight excluding hydrogens is 375 g/mol. The maximum absolute atomic E-state index is 13.5. The molecule has 1 amide bonds. The number of anilines is 2. The molecule has 0 radical (unpaired) electrons. The number of halogens is 1. The summed E-state index contributed by atoms with van der Waals surface area (Å²) in [6.45, 7) is 1.36. The van der Waals surface area contributed by atoms with Crippen molar-refractivity contribution in [2.24, 2.45) is 0 Å². The van der Waals surface area contributed by atoms with Crippen LogP contribution in [-0.2, 0) is 19.6 Å². The van der Waals surface area contributed by atoms with E-state index in [0.717, 1.165) is 16.6 Å². The SMILES string of the molecule is COC(=O)c1ccccc1NC(=O)[C@H](C)N(c1cccc(F)c1)S(C)(=O)=O. The van der Waals surface area contributed by atoms with E-state index in [0.29, 0.717) is 0 Å². The smallest absolute Gasteiger partial charge is 0.339 e. The van der Waals surface area contributed by atoms with Crippen molar-refractivity contribution >= 4 is 33.3 Å². The second-order valence-corrected chi connectivity index (χ2v) is 7.60. The second-order valence-electron chi connectivity index (χ2n) is 5.74. The Hall–Kier alpha value is -2.94. The summed E-state index contributed by atoms with van der Waals surface area (Å²) in [5, 5.41) is 2.52. The minimum atomic E-state index is -3.89. The molecule has 0 aliphatic heterocycles. The zero-order valence-corrected chi connectivity index (χ0v) is 15.8. The summed E-state index contributed by atoms with van der Waals surface area (Å²) >= 11 is 0. The lowest BCUT2D eigenvalue weighted by Crippen LogP contribution is -2.45. The van der Waals surface area contributed by atoms with Crippen LogP contribution in [0.1, 0.15) is 17.3 Å². The Bertz CT molecular complexity index is 962. The van der Waals surface area contributed by atoms with Gasteiger partial charge in [0, 0.05) is 0 Å². The fourth-order valence-electron chi connectivity index (χ4n) is 2.54. The highest BCUT2D eigenvalue weighted by atomic mass is 32.2. The highest BCUT2D eigenvalue weighted by molar-refractivity contribution is 7.92. The van der Waals surface area contributed by atoms with Crippen LogP contribution in [0, 0.1) is 5.82 Å². The number of carbonyl (C=O) groups excluding carboxylic acids is 2. The maximum Gasteiger partial charge on any atom is 0.339 e. The summed E-state index contributed by atoms with van der Waals surface area (Å²) in [5.41, 5.74) is 0.313. The number of benzene rings is 2. The molecule has 2 aromatic carbocycles. The number of sulfonamides is 1. The number of ether oxygens (including phenoxy) is 1. The Morgan fingerprint density at radius 1 is 1.15 bits per heavy atom. The summed E-state index contributed by atoms with van der Waals surface area (Å²) < 4.78 is 43.4. The summed E-state index contributed by atoms with van der Waals surface area (Å²) in [6.07, 6.45) is 0.921. The molecule has 27 heavy (non-hydrogen) atoms. The third-order valence-electron chi connectivity index (χ3n) is 3.74. The van der Waals surface area contributed by atoms with Crippen LogP contribution in [0.2, 0.25) is 0 Å². The molecule has 0 bridgehead atoms. The van der Waals surface area contributed by atoms with E-state index in [4.69, 9.17) is 0 Å². The number of nitrogens with zero attached hydrogens (tertiary/aromatic N) is 1. The number of methoxy groups -OCH3 is 1. The van der Waals surface area contributed by atoms with Crippen molar-refractivity contribution in [3.63, 3.8) is 0 Å². The molecule has 2 rings (SSSR count). The van der Waals surface area contributed by atoms with Gasteiger partial charge in [0.2, 0.25) is 15.9 Å². The first-order valence-electron chi connectivity index (χ1n) is 7.88. The topological polar surface area (TPSA) is 92.8 Å². The van der Waals surface area contributed by atoms with Crippen molar-refractivity contribution in [1.29, 1.82) is 0 Å². The predicted molar refractivity (Wildman–Crippen MR) is 99.6 cm³/mol. The number of hydrogen-bond acceptors (Lipinski definition) is 5. The van der Waals surface area contributed by atoms with Gasteiger partial charge < -0.3 is 10.1 Å². The van der Waals surface area contributed by atoms with Crippen LogP contribution in [0.4, 0.5) is 15.8 Å². The third-order valence-corrected chi connectivity index (χ3v) is 4.98. The van der Waals surface area contributed by atoms with Crippen LogP contribution in [0.15, 0.2) is 48.5 Å². The van der Waals surface area contributed by atoms with Gasteiger partial charge in [-0.2, -0.15) is 0 Å². The molecule has 1 N–H and O–H groups in total. The molecule has 144 valence electrons. The van der Waals surface area contributed by atoms with Crippen LogP contribution in [0.3, 0.4) is 0 Å². The van der Waals surface area contributed by atoms with Gasteiger partial charge in [0.05, 0.1) is 30.3 Å². The van der Waals surface area contributed by atoms with Gasteiger partial charge in [0.25, 0.3) is 0 Å². The Kier molecular flexibility index (Phi) is 6.17. The van der Waals surface area contributed by atoms with E-state index in [1.54, 1.807) is 12.1 Å². The predicted octanol–water partition coefficient (Wildman–Crippen LogP) is 2.41. The van der Waals surface area contributed by atoms with E-state index in [2.05, 4.69) is 10.1 Å².